The minimum atomic E-state index is -0.303. The number of fused-ring (bicyclic) bond motifs is 1. The Bertz CT molecular complexity index is 428. The third kappa shape index (κ3) is 1.23. The highest BCUT2D eigenvalue weighted by molar-refractivity contribution is 5.40. The van der Waals surface area contributed by atoms with Crippen molar-refractivity contribution in [2.45, 2.75) is 13.0 Å². The van der Waals surface area contributed by atoms with Crippen LogP contribution >= 0.6 is 0 Å². The molecule has 1 aromatic heterocycles. The molecular weight excluding hydrogens is 168 g/mol. The number of hydrogen-bond donors (Lipinski definition) is 1. The van der Waals surface area contributed by atoms with E-state index in [-0.39, 0.29) is 11.1 Å². The van der Waals surface area contributed by atoms with Crippen molar-refractivity contribution in [1.29, 1.82) is 5.26 Å². The van der Waals surface area contributed by atoms with Crippen LogP contribution in [0.5, 0.6) is 0 Å². The maximum absolute atomic E-state index is 11.2. The smallest absolute Gasteiger partial charge is 0.266 e. The molecule has 1 N–H and O–H groups in total. The van der Waals surface area contributed by atoms with E-state index >= 15 is 0 Å². The van der Waals surface area contributed by atoms with Gasteiger partial charge in [0.05, 0.1) is 13.2 Å². The Hall–Kier alpha value is -1.60. The van der Waals surface area contributed by atoms with Crippen LogP contribution in [0.15, 0.2) is 11.0 Å². The van der Waals surface area contributed by atoms with E-state index in [1.54, 1.807) is 6.20 Å². The normalized spacial score (nSPS) is 14.7. The van der Waals surface area contributed by atoms with Gasteiger partial charge in [-0.15, -0.1) is 0 Å². The Morgan fingerprint density at radius 3 is 3.23 bits per heavy atom. The molecular formula is C9H8N2O2. The van der Waals surface area contributed by atoms with E-state index in [9.17, 15) is 4.79 Å². The lowest BCUT2D eigenvalue weighted by Gasteiger charge is -2.16. The number of nitrogens with zero attached hydrogens (tertiary/aromatic N) is 1. The highest BCUT2D eigenvalue weighted by Crippen LogP contribution is 2.16. The van der Waals surface area contributed by atoms with Gasteiger partial charge in [0.25, 0.3) is 5.56 Å². The number of hydrogen-bond acceptors (Lipinski definition) is 3. The fourth-order valence-corrected chi connectivity index (χ4v) is 1.50. The minimum Gasteiger partial charge on any atom is -0.376 e. The molecule has 4 heteroatoms. The number of ether oxygens (including phenoxy) is 1. The number of nitrogens with one attached hydrogen (secondary N) is 1. The quantitative estimate of drug-likeness (QED) is 0.619. The molecule has 0 saturated carbocycles. The lowest BCUT2D eigenvalue weighted by atomic mass is 10.0. The van der Waals surface area contributed by atoms with Gasteiger partial charge in [-0.05, 0) is 17.5 Å². The Morgan fingerprint density at radius 1 is 1.62 bits per heavy atom. The van der Waals surface area contributed by atoms with Crippen LogP contribution in [0.4, 0.5) is 0 Å². The highest BCUT2D eigenvalue weighted by atomic mass is 16.5. The molecule has 2 rings (SSSR count). The molecule has 0 radical (unpaired) electrons. The summed E-state index contributed by atoms with van der Waals surface area (Å²) in [6.07, 6.45) is 2.28. The Balaban J connectivity index is 2.67. The molecule has 13 heavy (non-hydrogen) atoms. The van der Waals surface area contributed by atoms with Gasteiger partial charge in [0.2, 0.25) is 0 Å². The van der Waals surface area contributed by atoms with Crippen molar-refractivity contribution >= 4 is 0 Å². The second kappa shape index (κ2) is 3.04. The summed E-state index contributed by atoms with van der Waals surface area (Å²) in [5, 5.41) is 8.76. The van der Waals surface area contributed by atoms with Gasteiger partial charge in [-0.25, -0.2) is 0 Å². The summed E-state index contributed by atoms with van der Waals surface area (Å²) in [5.41, 5.74) is 1.70. The number of aromatic amines is 1. The average molecular weight is 176 g/mol. The van der Waals surface area contributed by atoms with Gasteiger partial charge in [-0.2, -0.15) is 5.26 Å². The predicted molar refractivity (Wildman–Crippen MR) is 45.1 cm³/mol. The molecule has 0 atom stereocenters. The van der Waals surface area contributed by atoms with Crippen molar-refractivity contribution in [2.75, 3.05) is 6.61 Å². The number of H-pyrrole nitrogens is 1. The number of rotatable bonds is 0. The lowest BCUT2D eigenvalue weighted by molar-refractivity contribution is 0.110. The van der Waals surface area contributed by atoms with E-state index in [1.807, 2.05) is 6.07 Å². The van der Waals surface area contributed by atoms with Crippen molar-refractivity contribution in [3.8, 4) is 6.07 Å². The van der Waals surface area contributed by atoms with Crippen molar-refractivity contribution in [1.82, 2.24) is 4.98 Å². The van der Waals surface area contributed by atoms with Crippen LogP contribution < -0.4 is 5.56 Å². The molecule has 0 saturated heterocycles. The molecule has 4 nitrogen and oxygen atoms in total. The maximum atomic E-state index is 11.2. The fourth-order valence-electron chi connectivity index (χ4n) is 1.50. The summed E-state index contributed by atoms with van der Waals surface area (Å²) >= 11 is 0. The zero-order chi connectivity index (χ0) is 9.26. The fraction of sp³-hybridized carbons (Fsp3) is 0.333. The number of aromatic nitrogens is 1. The first-order valence-corrected chi connectivity index (χ1v) is 4.04. The van der Waals surface area contributed by atoms with Gasteiger partial charge >= 0.3 is 0 Å². The van der Waals surface area contributed by atoms with Crippen LogP contribution in [0.3, 0.4) is 0 Å². The van der Waals surface area contributed by atoms with E-state index in [4.69, 9.17) is 10.00 Å². The Labute approximate surface area is 74.8 Å². The molecule has 1 aliphatic rings. The molecule has 66 valence electrons. The van der Waals surface area contributed by atoms with Crippen LogP contribution in [0, 0.1) is 11.3 Å². The largest absolute Gasteiger partial charge is 0.376 e. The summed E-state index contributed by atoms with van der Waals surface area (Å²) < 4.78 is 5.20. The standard InChI is InChI=1S/C9H8N2O2/c10-3-8-7-1-2-13-5-6(7)4-11-9(8)12/h4H,1-2,5H2,(H,11,12). The maximum Gasteiger partial charge on any atom is 0.266 e. The third-order valence-electron chi connectivity index (χ3n) is 2.16. The zero-order valence-electron chi connectivity index (χ0n) is 6.96. The second-order valence-corrected chi connectivity index (χ2v) is 2.91. The topological polar surface area (TPSA) is 65.9 Å². The minimum absolute atomic E-state index is 0.237. The van der Waals surface area contributed by atoms with Gasteiger partial charge < -0.3 is 9.72 Å². The molecule has 0 spiro atoms. The first-order chi connectivity index (χ1) is 6.33. The molecule has 0 bridgehead atoms. The van der Waals surface area contributed by atoms with E-state index in [2.05, 4.69) is 4.98 Å². The summed E-state index contributed by atoms with van der Waals surface area (Å²) in [4.78, 5) is 13.7. The molecule has 0 unspecified atom stereocenters. The lowest BCUT2D eigenvalue weighted by Crippen LogP contribution is -2.20. The van der Waals surface area contributed by atoms with Crippen molar-refractivity contribution < 1.29 is 4.74 Å². The Morgan fingerprint density at radius 2 is 2.46 bits per heavy atom. The summed E-state index contributed by atoms with van der Waals surface area (Å²) in [6, 6.07) is 1.92. The van der Waals surface area contributed by atoms with Crippen LogP contribution in [0.1, 0.15) is 16.7 Å². The molecule has 0 fully saturated rings. The van der Waals surface area contributed by atoms with Crippen molar-refractivity contribution in [3.05, 3.63) is 33.2 Å². The van der Waals surface area contributed by atoms with E-state index in [1.165, 1.54) is 0 Å². The molecule has 0 aromatic carbocycles. The monoisotopic (exact) mass is 176 g/mol. The van der Waals surface area contributed by atoms with E-state index < -0.39 is 0 Å². The third-order valence-corrected chi connectivity index (χ3v) is 2.16. The molecule has 1 aromatic rings. The first-order valence-electron chi connectivity index (χ1n) is 4.04. The SMILES string of the molecule is N#Cc1c2c(c[nH]c1=O)COCC2. The molecule has 0 aliphatic carbocycles. The average Bonchev–Trinajstić information content (AvgIpc) is 2.18. The summed E-state index contributed by atoms with van der Waals surface area (Å²) in [5.74, 6) is 0. The molecule has 2 heterocycles. The van der Waals surface area contributed by atoms with Crippen LogP contribution in [0.25, 0.3) is 0 Å². The van der Waals surface area contributed by atoms with Gasteiger partial charge in [0, 0.05) is 6.20 Å². The Kier molecular flexibility index (Phi) is 1.87. The first kappa shape index (κ1) is 8.02. The van der Waals surface area contributed by atoms with E-state index in [0.29, 0.717) is 19.6 Å². The summed E-state index contributed by atoms with van der Waals surface area (Å²) in [7, 11) is 0. The van der Waals surface area contributed by atoms with Gasteiger partial charge in [0.1, 0.15) is 11.6 Å². The van der Waals surface area contributed by atoms with Gasteiger partial charge in [0.15, 0.2) is 0 Å². The molecule has 1 aliphatic heterocycles. The van der Waals surface area contributed by atoms with Gasteiger partial charge in [-0.1, -0.05) is 0 Å². The zero-order valence-corrected chi connectivity index (χ0v) is 6.96. The van der Waals surface area contributed by atoms with Crippen LogP contribution in [-0.2, 0) is 17.8 Å². The number of nitriles is 1. The second-order valence-electron chi connectivity index (χ2n) is 2.91. The van der Waals surface area contributed by atoms with Crippen molar-refractivity contribution in [2.24, 2.45) is 0 Å². The predicted octanol–water partition coefficient (Wildman–Crippen LogP) is 0.319. The van der Waals surface area contributed by atoms with Crippen LogP contribution in [0.2, 0.25) is 0 Å². The summed E-state index contributed by atoms with van der Waals surface area (Å²) in [6.45, 7) is 1.08. The van der Waals surface area contributed by atoms with Crippen LogP contribution in [-0.4, -0.2) is 11.6 Å². The van der Waals surface area contributed by atoms with Gasteiger partial charge in [-0.3, -0.25) is 4.79 Å². The number of pyridine rings is 1. The van der Waals surface area contributed by atoms with Crippen molar-refractivity contribution in [3.63, 3.8) is 0 Å². The highest BCUT2D eigenvalue weighted by Gasteiger charge is 2.15. The molecule has 0 amide bonds. The van der Waals surface area contributed by atoms with E-state index in [0.717, 1.165) is 11.1 Å².